The summed E-state index contributed by atoms with van der Waals surface area (Å²) >= 11 is 0. The summed E-state index contributed by atoms with van der Waals surface area (Å²) in [6, 6.07) is 0. The molecule has 0 radical (unpaired) electrons. The second-order valence-electron chi connectivity index (χ2n) is 30.4. The van der Waals surface area contributed by atoms with Crippen LogP contribution in [-0.4, -0.2) is 0 Å². The van der Waals surface area contributed by atoms with Crippen LogP contribution in [-0.2, 0) is 0 Å². The fraction of sp³-hybridized carbons (Fsp3) is 0.976. The third-order valence-electron chi connectivity index (χ3n) is 22.1. The van der Waals surface area contributed by atoms with Crippen LogP contribution in [0.1, 0.15) is 505 Å². The summed E-state index contributed by atoms with van der Waals surface area (Å²) in [4.78, 5) is 0. The number of hydrogen-bond donors (Lipinski definition) is 0. The number of hydrogen-bond acceptors (Lipinski definition) is 0. The summed E-state index contributed by atoms with van der Waals surface area (Å²) in [6.07, 6.45) is 103. The number of unbranched alkanes of at least 4 members (excludes halogenated alkanes) is 48. The first kappa shape index (κ1) is 82.8. The molecule has 0 aromatic carbocycles. The van der Waals surface area contributed by atoms with Gasteiger partial charge in [0.15, 0.2) is 0 Å². The van der Waals surface area contributed by atoms with Crippen LogP contribution in [0.15, 0.2) is 11.1 Å². The molecule has 0 nitrogen and oxygen atoms in total. The molecule has 85 heavy (non-hydrogen) atoms. The molecule has 0 heteroatoms. The van der Waals surface area contributed by atoms with E-state index in [0.717, 1.165) is 23.7 Å². The first-order valence-electron chi connectivity index (χ1n) is 41.7. The van der Waals surface area contributed by atoms with Crippen molar-refractivity contribution in [1.29, 1.82) is 0 Å². The van der Waals surface area contributed by atoms with Crippen molar-refractivity contribution in [2.24, 2.45) is 29.1 Å². The van der Waals surface area contributed by atoms with Crippen molar-refractivity contribution in [2.45, 2.75) is 505 Å². The Morgan fingerprint density at radius 3 is 0.600 bits per heavy atom. The minimum atomic E-state index is 0.456. The Hall–Kier alpha value is -0.260. The summed E-state index contributed by atoms with van der Waals surface area (Å²) in [6.45, 7) is 19.2. The molecule has 0 amide bonds. The molecule has 0 bridgehead atoms. The molecule has 0 fully saturated rings. The Morgan fingerprint density at radius 1 is 0.212 bits per heavy atom. The lowest BCUT2D eigenvalue weighted by Gasteiger charge is -2.41. The Bertz CT molecular complexity index is 1260. The zero-order valence-electron chi connectivity index (χ0n) is 61.3. The number of rotatable bonds is 72. The molecular formula is C85H168. The molecule has 1 aliphatic carbocycles. The second kappa shape index (κ2) is 65.2. The van der Waals surface area contributed by atoms with Crippen LogP contribution in [0.5, 0.6) is 0 Å². The van der Waals surface area contributed by atoms with E-state index in [1.165, 1.54) is 437 Å². The maximum atomic E-state index is 2.41. The zero-order valence-corrected chi connectivity index (χ0v) is 61.3. The third-order valence-corrected chi connectivity index (χ3v) is 22.1. The van der Waals surface area contributed by atoms with Crippen LogP contribution in [0, 0.1) is 29.1 Å². The van der Waals surface area contributed by atoms with E-state index in [1.807, 2.05) is 0 Å². The molecule has 0 saturated carbocycles. The summed E-state index contributed by atoms with van der Waals surface area (Å²) < 4.78 is 0. The van der Waals surface area contributed by atoms with Gasteiger partial charge >= 0.3 is 0 Å². The quantitative estimate of drug-likeness (QED) is 0.0421. The lowest BCUT2D eigenvalue weighted by molar-refractivity contribution is 0.166. The van der Waals surface area contributed by atoms with E-state index >= 15 is 0 Å². The molecule has 0 heterocycles. The smallest absolute Gasteiger partial charge is 0.00770 e. The summed E-state index contributed by atoms with van der Waals surface area (Å²) in [5, 5.41) is 0. The van der Waals surface area contributed by atoms with Gasteiger partial charge in [-0.25, -0.2) is 0 Å². The molecule has 0 aliphatic heterocycles. The van der Waals surface area contributed by atoms with Crippen LogP contribution >= 0.6 is 0 Å². The lowest BCUT2D eigenvalue weighted by atomic mass is 9.64. The molecule has 1 rings (SSSR count). The first-order chi connectivity index (χ1) is 42.0. The van der Waals surface area contributed by atoms with Crippen molar-refractivity contribution in [3.63, 3.8) is 0 Å². The first-order valence-corrected chi connectivity index (χ1v) is 41.7. The fourth-order valence-corrected chi connectivity index (χ4v) is 16.4. The molecule has 4 unspecified atom stereocenters. The highest BCUT2D eigenvalue weighted by Gasteiger charge is 2.44. The average molecular weight is 1190 g/mol. The summed E-state index contributed by atoms with van der Waals surface area (Å²) in [7, 11) is 0. The normalized spacial score (nSPS) is 16.1. The van der Waals surface area contributed by atoms with Gasteiger partial charge in [-0.1, -0.05) is 477 Å². The van der Waals surface area contributed by atoms with Crippen molar-refractivity contribution in [3.8, 4) is 0 Å². The van der Waals surface area contributed by atoms with Gasteiger partial charge in [-0.3, -0.25) is 0 Å². The summed E-state index contributed by atoms with van der Waals surface area (Å²) in [5.74, 6) is 3.69. The molecule has 1 aliphatic rings. The lowest BCUT2D eigenvalue weighted by Crippen LogP contribution is -2.29. The van der Waals surface area contributed by atoms with Crippen LogP contribution < -0.4 is 0 Å². The zero-order chi connectivity index (χ0) is 61.5. The van der Waals surface area contributed by atoms with Crippen LogP contribution in [0.25, 0.3) is 0 Å². The van der Waals surface area contributed by atoms with Crippen molar-refractivity contribution in [3.05, 3.63) is 11.1 Å². The molecule has 0 aromatic heterocycles. The van der Waals surface area contributed by atoms with Gasteiger partial charge in [-0.05, 0) is 67.6 Å². The second-order valence-corrected chi connectivity index (χ2v) is 30.4. The van der Waals surface area contributed by atoms with Crippen molar-refractivity contribution in [1.82, 2.24) is 0 Å². The van der Waals surface area contributed by atoms with Gasteiger partial charge in [0.2, 0.25) is 0 Å². The van der Waals surface area contributed by atoms with E-state index in [2.05, 4.69) is 66.5 Å². The Balaban J connectivity index is 4.09. The van der Waals surface area contributed by atoms with Gasteiger partial charge in [0.05, 0.1) is 0 Å². The van der Waals surface area contributed by atoms with Gasteiger partial charge in [0, 0.05) is 0 Å². The molecule has 508 valence electrons. The molecule has 0 N–H and O–H groups in total. The third kappa shape index (κ3) is 50.0. The van der Waals surface area contributed by atoms with E-state index in [4.69, 9.17) is 0 Å². The van der Waals surface area contributed by atoms with Crippen molar-refractivity contribution < 1.29 is 0 Å². The molecular weight excluding hydrogens is 1020 g/mol. The SMILES string of the molecule is CCCCCCCCCCC(CCCCCCCC)CC1=C(CC(CCCCCCCC)CCCCCCCCCC)C(CC(CCCCCCCC)CCCCCCCCCC)(CC(CCCCCCCC)CCCCCCCCCC)CC1. The van der Waals surface area contributed by atoms with Gasteiger partial charge in [0.25, 0.3) is 0 Å². The van der Waals surface area contributed by atoms with E-state index < -0.39 is 0 Å². The minimum Gasteiger partial charge on any atom is -0.0701 e. The standard InChI is InChI=1S/C85H168/c1-9-17-25-33-41-45-53-58-66-79(65-57-49-37-29-21-13-5)75-83-73-74-85(77-81(69-61-51-39-31-23-15-7)71-63-55-47-43-35-27-19-11-3,78-82(70-62-52-40-32-24-16-8)72-64-56-48-44-36-28-20-12-4)84(83)76-80(67-59-50-38-30-22-14-6)68-60-54-46-42-34-26-18-10-2/h79-82H,9-78H2,1-8H3. The average Bonchev–Trinajstić information content (AvgIpc) is 3.94. The van der Waals surface area contributed by atoms with Crippen LogP contribution in [0.3, 0.4) is 0 Å². The maximum Gasteiger partial charge on any atom is -0.00770 e. The van der Waals surface area contributed by atoms with Crippen molar-refractivity contribution in [2.75, 3.05) is 0 Å². The molecule has 0 spiro atoms. The maximum absolute atomic E-state index is 2.41. The molecule has 4 atom stereocenters. The predicted octanol–water partition coefficient (Wildman–Crippen LogP) is 32.2. The Labute approximate surface area is 542 Å². The highest BCUT2D eigenvalue weighted by molar-refractivity contribution is 5.30. The monoisotopic (exact) mass is 1190 g/mol. The highest BCUT2D eigenvalue weighted by atomic mass is 14.5. The predicted molar refractivity (Wildman–Crippen MR) is 392 cm³/mol. The van der Waals surface area contributed by atoms with Crippen LogP contribution in [0.4, 0.5) is 0 Å². The number of allylic oxidation sites excluding steroid dienone is 2. The highest BCUT2D eigenvalue weighted by Crippen LogP contribution is 2.57. The van der Waals surface area contributed by atoms with Gasteiger partial charge in [0.1, 0.15) is 0 Å². The van der Waals surface area contributed by atoms with E-state index in [9.17, 15) is 0 Å². The van der Waals surface area contributed by atoms with Gasteiger partial charge < -0.3 is 0 Å². The Morgan fingerprint density at radius 2 is 0.388 bits per heavy atom. The van der Waals surface area contributed by atoms with Gasteiger partial charge in [-0.15, -0.1) is 0 Å². The van der Waals surface area contributed by atoms with E-state index in [-0.39, 0.29) is 0 Å². The van der Waals surface area contributed by atoms with E-state index in [1.54, 1.807) is 12.8 Å². The molecule has 0 aromatic rings. The fourth-order valence-electron chi connectivity index (χ4n) is 16.4. The minimum absolute atomic E-state index is 0.456. The van der Waals surface area contributed by atoms with Crippen LogP contribution in [0.2, 0.25) is 0 Å². The van der Waals surface area contributed by atoms with Crippen molar-refractivity contribution >= 4 is 0 Å². The van der Waals surface area contributed by atoms with Gasteiger partial charge in [-0.2, -0.15) is 0 Å². The largest absolute Gasteiger partial charge is 0.0701 e. The topological polar surface area (TPSA) is 0 Å². The van der Waals surface area contributed by atoms with E-state index in [0.29, 0.717) is 5.41 Å². The molecule has 0 saturated heterocycles. The summed E-state index contributed by atoms with van der Waals surface area (Å²) in [5.41, 5.74) is 4.76. The Kier molecular flexibility index (Phi) is 63.5.